The number of aryl methyl sites for hydroxylation is 1. The molecule has 154 valence electrons. The highest BCUT2D eigenvalue weighted by Gasteiger charge is 2.38. The van der Waals surface area contributed by atoms with Gasteiger partial charge in [0.05, 0.1) is 12.3 Å². The molecule has 2 N–H and O–H groups in total. The number of pyridine rings is 1. The number of thiophene rings is 1. The second-order valence-corrected chi connectivity index (χ2v) is 7.84. The van der Waals surface area contributed by atoms with Crippen LogP contribution in [0.5, 0.6) is 0 Å². The average Bonchev–Trinajstić information content (AvgIpc) is 3.28. The van der Waals surface area contributed by atoms with Crippen LogP contribution in [0.4, 0.5) is 10.5 Å². The molecule has 2 amide bonds. The lowest BCUT2D eigenvalue weighted by Gasteiger charge is -2.18. The number of amides is 2. The molecule has 0 bridgehead atoms. The van der Waals surface area contributed by atoms with Crippen LogP contribution in [0.3, 0.4) is 0 Å². The third-order valence-corrected chi connectivity index (χ3v) is 6.14. The van der Waals surface area contributed by atoms with Crippen molar-refractivity contribution < 1.29 is 14.3 Å². The number of nitrogens with zero attached hydrogens (tertiary/aromatic N) is 2. The molecule has 0 aliphatic carbocycles. The summed E-state index contributed by atoms with van der Waals surface area (Å²) in [6.45, 7) is 7.38. The molecule has 2 aliphatic rings. The first-order valence-electron chi connectivity index (χ1n) is 8.90. The number of nitrogens with one attached hydrogen (secondary N) is 2. The highest BCUT2D eigenvalue weighted by Crippen LogP contribution is 2.36. The van der Waals surface area contributed by atoms with Gasteiger partial charge in [-0.3, -0.25) is 0 Å². The van der Waals surface area contributed by atoms with E-state index in [1.807, 2.05) is 24.0 Å². The first kappa shape index (κ1) is 22.7. The Morgan fingerprint density at radius 3 is 2.61 bits per heavy atom. The third-order valence-electron chi connectivity index (χ3n) is 5.06. The number of fused-ring (bicyclic) bond motifs is 2. The zero-order valence-electron chi connectivity index (χ0n) is 15.7. The van der Waals surface area contributed by atoms with Gasteiger partial charge >= 0.3 is 12.0 Å². The van der Waals surface area contributed by atoms with Gasteiger partial charge in [0.25, 0.3) is 0 Å². The molecular weight excluding hydrogens is 423 g/mol. The molecule has 2 aromatic heterocycles. The number of anilines is 1. The molecule has 0 radical (unpaired) electrons. The lowest BCUT2D eigenvalue weighted by Crippen LogP contribution is -2.35. The summed E-state index contributed by atoms with van der Waals surface area (Å²) in [5.74, 6) is 0.619. The molecule has 0 spiro atoms. The van der Waals surface area contributed by atoms with Gasteiger partial charge in [0.1, 0.15) is 9.71 Å². The van der Waals surface area contributed by atoms with Crippen molar-refractivity contribution in [3.63, 3.8) is 0 Å². The first-order chi connectivity index (χ1) is 12.6. The molecule has 10 heteroatoms. The quantitative estimate of drug-likeness (QED) is 0.706. The van der Waals surface area contributed by atoms with Crippen LogP contribution in [0.1, 0.15) is 22.3 Å². The smallest absolute Gasteiger partial charge is 0.350 e. The van der Waals surface area contributed by atoms with Crippen molar-refractivity contribution in [1.29, 1.82) is 0 Å². The number of aromatic nitrogens is 1. The minimum atomic E-state index is -0.425. The van der Waals surface area contributed by atoms with E-state index in [2.05, 4.69) is 15.6 Å². The Balaban J connectivity index is 0.00000140. The molecule has 2 aromatic rings. The number of urea groups is 1. The van der Waals surface area contributed by atoms with Crippen LogP contribution in [0, 0.1) is 18.8 Å². The van der Waals surface area contributed by atoms with Gasteiger partial charge in [0.2, 0.25) is 0 Å². The van der Waals surface area contributed by atoms with Gasteiger partial charge in [-0.25, -0.2) is 14.6 Å². The van der Waals surface area contributed by atoms with E-state index in [0.717, 1.165) is 42.1 Å². The molecule has 0 unspecified atom stereocenters. The molecule has 0 aromatic carbocycles. The Hall–Kier alpha value is -1.61. The Morgan fingerprint density at radius 1 is 1.29 bits per heavy atom. The maximum Gasteiger partial charge on any atom is 0.350 e. The SMILES string of the molecule is CCOC(=O)c1sc2nc(C)ccc2c1NC(=O)N1C[C@H]2CNC[C@H]2C1.Cl.Cl. The minimum Gasteiger partial charge on any atom is -0.462 e. The molecule has 7 nitrogen and oxygen atoms in total. The fraction of sp³-hybridized carbons (Fsp3) is 0.500. The number of rotatable bonds is 3. The summed E-state index contributed by atoms with van der Waals surface area (Å²) in [5, 5.41) is 7.11. The molecule has 0 saturated carbocycles. The predicted octanol–water partition coefficient (Wildman–Crippen LogP) is 3.31. The number of ether oxygens (including phenoxy) is 1. The van der Waals surface area contributed by atoms with Gasteiger partial charge < -0.3 is 20.3 Å². The summed E-state index contributed by atoms with van der Waals surface area (Å²) in [6.07, 6.45) is 0. The van der Waals surface area contributed by atoms with E-state index < -0.39 is 5.97 Å². The number of hydrogen-bond donors (Lipinski definition) is 2. The van der Waals surface area contributed by atoms with Crippen LogP contribution in [0.15, 0.2) is 12.1 Å². The summed E-state index contributed by atoms with van der Waals surface area (Å²) in [7, 11) is 0. The van der Waals surface area contributed by atoms with Crippen molar-refractivity contribution in [2.45, 2.75) is 13.8 Å². The summed E-state index contributed by atoms with van der Waals surface area (Å²) in [5.41, 5.74) is 1.38. The van der Waals surface area contributed by atoms with Gasteiger partial charge in [0.15, 0.2) is 0 Å². The fourth-order valence-corrected chi connectivity index (χ4v) is 4.81. The maximum absolute atomic E-state index is 12.8. The first-order valence-corrected chi connectivity index (χ1v) is 9.72. The Morgan fingerprint density at radius 2 is 1.96 bits per heavy atom. The van der Waals surface area contributed by atoms with Crippen molar-refractivity contribution in [3.8, 4) is 0 Å². The van der Waals surface area contributed by atoms with Crippen LogP contribution in [0.25, 0.3) is 10.2 Å². The van der Waals surface area contributed by atoms with Gasteiger partial charge in [0, 0.05) is 37.3 Å². The zero-order chi connectivity index (χ0) is 18.3. The van der Waals surface area contributed by atoms with E-state index in [1.165, 1.54) is 11.3 Å². The Kier molecular flexibility index (Phi) is 7.50. The molecule has 4 rings (SSSR count). The van der Waals surface area contributed by atoms with Gasteiger partial charge in [-0.2, -0.15) is 0 Å². The largest absolute Gasteiger partial charge is 0.462 e. The molecule has 2 atom stereocenters. The highest BCUT2D eigenvalue weighted by molar-refractivity contribution is 7.21. The fourth-order valence-electron chi connectivity index (χ4n) is 3.74. The van der Waals surface area contributed by atoms with E-state index in [-0.39, 0.29) is 37.5 Å². The van der Waals surface area contributed by atoms with Crippen LogP contribution in [0.2, 0.25) is 0 Å². The van der Waals surface area contributed by atoms with Gasteiger partial charge in [-0.1, -0.05) is 0 Å². The predicted molar refractivity (Wildman–Crippen MR) is 115 cm³/mol. The lowest BCUT2D eigenvalue weighted by atomic mass is 10.0. The monoisotopic (exact) mass is 446 g/mol. The van der Waals surface area contributed by atoms with Crippen LogP contribution in [-0.4, -0.2) is 54.7 Å². The molecule has 2 aliphatic heterocycles. The van der Waals surface area contributed by atoms with Crippen LogP contribution in [-0.2, 0) is 4.74 Å². The average molecular weight is 447 g/mol. The summed E-state index contributed by atoms with van der Waals surface area (Å²) in [4.78, 5) is 32.6. The van der Waals surface area contributed by atoms with E-state index in [9.17, 15) is 9.59 Å². The minimum absolute atomic E-state index is 0. The number of hydrogen-bond acceptors (Lipinski definition) is 6. The number of halogens is 2. The topological polar surface area (TPSA) is 83.6 Å². The number of carbonyl (C=O) groups is 2. The molecule has 2 saturated heterocycles. The Labute approximate surface area is 180 Å². The molecule has 28 heavy (non-hydrogen) atoms. The van der Waals surface area contributed by atoms with Crippen LogP contribution >= 0.6 is 36.2 Å². The normalized spacial score (nSPS) is 20.3. The summed E-state index contributed by atoms with van der Waals surface area (Å²) >= 11 is 1.26. The molecule has 4 heterocycles. The van der Waals surface area contributed by atoms with E-state index in [0.29, 0.717) is 22.4 Å². The van der Waals surface area contributed by atoms with Crippen molar-refractivity contribution in [3.05, 3.63) is 22.7 Å². The van der Waals surface area contributed by atoms with Gasteiger partial charge in [-0.05, 0) is 37.8 Å². The summed E-state index contributed by atoms with van der Waals surface area (Å²) in [6, 6.07) is 3.62. The van der Waals surface area contributed by atoms with Crippen molar-refractivity contribution >= 4 is 64.1 Å². The lowest BCUT2D eigenvalue weighted by molar-refractivity contribution is 0.0533. The van der Waals surface area contributed by atoms with Gasteiger partial charge in [-0.15, -0.1) is 36.2 Å². The zero-order valence-corrected chi connectivity index (χ0v) is 18.1. The van der Waals surface area contributed by atoms with Crippen LogP contribution < -0.4 is 10.6 Å². The van der Waals surface area contributed by atoms with Crippen molar-refractivity contribution in [1.82, 2.24) is 15.2 Å². The molecule has 2 fully saturated rings. The second-order valence-electron chi connectivity index (χ2n) is 6.85. The van der Waals surface area contributed by atoms with E-state index in [1.54, 1.807) is 6.92 Å². The third kappa shape index (κ3) is 4.20. The molecular formula is C18H24Cl2N4O3S. The highest BCUT2D eigenvalue weighted by atomic mass is 35.5. The van der Waals surface area contributed by atoms with E-state index >= 15 is 0 Å². The number of esters is 1. The van der Waals surface area contributed by atoms with E-state index in [4.69, 9.17) is 4.74 Å². The second kappa shape index (κ2) is 9.26. The number of carbonyl (C=O) groups excluding carboxylic acids is 2. The standard InChI is InChI=1S/C18H22N4O3S.2ClH/c1-3-25-17(23)15-14(13-5-4-10(2)20-16(13)26-15)21-18(24)22-8-11-6-19-7-12(11)9-22;;/h4-5,11-12,19H,3,6-9H2,1-2H3,(H,21,24);2*1H/t11-,12+;;. The number of likely N-dealkylation sites (tertiary alicyclic amines) is 1. The maximum atomic E-state index is 12.8. The summed E-state index contributed by atoms with van der Waals surface area (Å²) < 4.78 is 5.17. The Bertz CT molecular complexity index is 864. The van der Waals surface area contributed by atoms with Crippen molar-refractivity contribution in [2.75, 3.05) is 38.1 Å². The van der Waals surface area contributed by atoms with Crippen molar-refractivity contribution in [2.24, 2.45) is 11.8 Å².